The van der Waals surface area contributed by atoms with E-state index in [4.69, 9.17) is 0 Å². The summed E-state index contributed by atoms with van der Waals surface area (Å²) in [6, 6.07) is 12.8. The molecule has 3 nitrogen and oxygen atoms in total. The van der Waals surface area contributed by atoms with Crippen molar-refractivity contribution in [2.24, 2.45) is 0 Å². The fourth-order valence-corrected chi connectivity index (χ4v) is 4.22. The van der Waals surface area contributed by atoms with Crippen LogP contribution in [0.2, 0.25) is 0 Å². The van der Waals surface area contributed by atoms with Gasteiger partial charge in [0.05, 0.1) is 16.8 Å². The lowest BCUT2D eigenvalue weighted by Gasteiger charge is -2.17. The van der Waals surface area contributed by atoms with Crippen molar-refractivity contribution in [3.8, 4) is 0 Å². The molecule has 0 spiro atoms. The molecule has 0 atom stereocenters. The summed E-state index contributed by atoms with van der Waals surface area (Å²) in [6.07, 6.45) is 12.6. The number of carbonyl (C=O) groups excluding carboxylic acids is 1. The van der Waals surface area contributed by atoms with Gasteiger partial charge in [0.25, 0.3) is 5.91 Å². The van der Waals surface area contributed by atoms with E-state index in [0.29, 0.717) is 16.8 Å². The van der Waals surface area contributed by atoms with E-state index in [9.17, 15) is 9.18 Å². The number of fused-ring (bicyclic) bond motifs is 1. The summed E-state index contributed by atoms with van der Waals surface area (Å²) >= 11 is 0. The number of amides is 1. The minimum Gasteiger partial charge on any atom is -0.320 e. The van der Waals surface area contributed by atoms with Crippen molar-refractivity contribution in [1.82, 2.24) is 4.98 Å². The summed E-state index contributed by atoms with van der Waals surface area (Å²) in [6.45, 7) is 6.07. The monoisotopic (exact) mass is 446 g/mol. The molecule has 0 fully saturated rings. The van der Waals surface area contributed by atoms with Gasteiger partial charge in [-0.05, 0) is 67.5 Å². The maximum atomic E-state index is 14.6. The lowest BCUT2D eigenvalue weighted by atomic mass is 9.90. The number of pyridine rings is 1. The highest BCUT2D eigenvalue weighted by Gasteiger charge is 2.20. The second-order valence-corrected chi connectivity index (χ2v) is 8.61. The topological polar surface area (TPSA) is 42.0 Å². The van der Waals surface area contributed by atoms with Crippen LogP contribution in [0.4, 0.5) is 10.1 Å². The van der Waals surface area contributed by atoms with Crippen LogP contribution in [0.5, 0.6) is 0 Å². The molecule has 0 aliphatic rings. The molecular formula is C29H35FN2O. The number of rotatable bonds is 11. The molecule has 0 aliphatic heterocycles. The van der Waals surface area contributed by atoms with E-state index in [1.165, 1.54) is 18.9 Å². The second-order valence-electron chi connectivity index (χ2n) is 8.61. The van der Waals surface area contributed by atoms with Gasteiger partial charge in [0.2, 0.25) is 0 Å². The molecule has 3 aromatic rings. The summed E-state index contributed by atoms with van der Waals surface area (Å²) < 4.78 is 14.6. The van der Waals surface area contributed by atoms with Crippen LogP contribution in [-0.2, 0) is 0 Å². The van der Waals surface area contributed by atoms with Crippen LogP contribution >= 0.6 is 0 Å². The third kappa shape index (κ3) is 6.28. The third-order valence-corrected chi connectivity index (χ3v) is 6.10. The van der Waals surface area contributed by atoms with E-state index in [2.05, 4.69) is 30.2 Å². The molecule has 0 saturated carbocycles. The van der Waals surface area contributed by atoms with Crippen molar-refractivity contribution >= 4 is 28.1 Å². The second kappa shape index (κ2) is 12.3. The number of nitrogens with one attached hydrogen (secondary N) is 1. The quantitative estimate of drug-likeness (QED) is 0.300. The van der Waals surface area contributed by atoms with Gasteiger partial charge in [0.1, 0.15) is 5.82 Å². The van der Waals surface area contributed by atoms with Crippen molar-refractivity contribution in [2.45, 2.75) is 72.1 Å². The average molecular weight is 447 g/mol. The Hall–Kier alpha value is -3.01. The highest BCUT2D eigenvalue weighted by molar-refractivity contribution is 6.11. The normalized spacial score (nSPS) is 11.7. The van der Waals surface area contributed by atoms with Crippen molar-refractivity contribution in [3.05, 3.63) is 77.2 Å². The van der Waals surface area contributed by atoms with Gasteiger partial charge in [-0.15, -0.1) is 0 Å². The molecule has 0 saturated heterocycles. The van der Waals surface area contributed by atoms with Gasteiger partial charge in [0, 0.05) is 11.6 Å². The maximum absolute atomic E-state index is 14.6. The van der Waals surface area contributed by atoms with E-state index in [1.807, 2.05) is 30.3 Å². The highest BCUT2D eigenvalue weighted by atomic mass is 19.1. The Bertz CT molecular complexity index is 1110. The van der Waals surface area contributed by atoms with Gasteiger partial charge in [0.15, 0.2) is 0 Å². The Morgan fingerprint density at radius 1 is 1.00 bits per heavy atom. The van der Waals surface area contributed by atoms with E-state index in [1.54, 1.807) is 19.2 Å². The first-order valence-corrected chi connectivity index (χ1v) is 12.2. The number of anilines is 1. The van der Waals surface area contributed by atoms with Crippen LogP contribution in [0, 0.1) is 12.7 Å². The Balaban J connectivity index is 1.99. The minimum absolute atomic E-state index is 0.296. The highest BCUT2D eigenvalue weighted by Crippen LogP contribution is 2.30. The Morgan fingerprint density at radius 3 is 2.55 bits per heavy atom. The van der Waals surface area contributed by atoms with Gasteiger partial charge in [-0.25, -0.2) is 4.39 Å². The van der Waals surface area contributed by atoms with Crippen molar-refractivity contribution in [2.75, 3.05) is 5.32 Å². The van der Waals surface area contributed by atoms with E-state index >= 15 is 0 Å². The van der Waals surface area contributed by atoms with Gasteiger partial charge in [-0.2, -0.15) is 0 Å². The number of hydrogen-bond donors (Lipinski definition) is 1. The standard InChI is InChI=1S/C29H35FN2O/c1-4-6-8-10-14-22(13-9-7-5-2)24-18-19-25(30)21(3)27(24)29(33)32-26-17-11-15-23-16-12-20-31-28(23)26/h11-12,14-20H,4-10,13H2,1-3H3,(H,32,33)/b22-14+. The lowest BCUT2D eigenvalue weighted by Crippen LogP contribution is -2.17. The van der Waals surface area contributed by atoms with Crippen LogP contribution in [0.3, 0.4) is 0 Å². The largest absolute Gasteiger partial charge is 0.320 e. The average Bonchev–Trinajstić information content (AvgIpc) is 2.82. The number of benzene rings is 2. The summed E-state index contributed by atoms with van der Waals surface area (Å²) in [5.41, 5.74) is 4.14. The number of unbranched alkanes of at least 4 members (excludes halogenated alkanes) is 5. The van der Waals surface area contributed by atoms with Crippen LogP contribution in [0.25, 0.3) is 16.5 Å². The third-order valence-electron chi connectivity index (χ3n) is 6.10. The summed E-state index contributed by atoms with van der Waals surface area (Å²) in [7, 11) is 0. The molecule has 33 heavy (non-hydrogen) atoms. The molecule has 0 radical (unpaired) electrons. The first-order chi connectivity index (χ1) is 16.1. The van der Waals surface area contributed by atoms with Crippen LogP contribution in [0.15, 0.2) is 54.7 Å². The first-order valence-electron chi connectivity index (χ1n) is 12.2. The van der Waals surface area contributed by atoms with E-state index < -0.39 is 0 Å². The smallest absolute Gasteiger partial charge is 0.256 e. The number of para-hydroxylation sites is 1. The molecule has 0 aliphatic carbocycles. The van der Waals surface area contributed by atoms with E-state index in [0.717, 1.165) is 60.6 Å². The SMILES string of the molecule is CCCCC/C=C(\CCCCC)c1ccc(F)c(C)c1C(=O)Nc1cccc2cccnc12. The number of nitrogens with zero attached hydrogens (tertiary/aromatic N) is 1. The summed E-state index contributed by atoms with van der Waals surface area (Å²) in [5.74, 6) is -0.658. The molecule has 0 bridgehead atoms. The van der Waals surface area contributed by atoms with Crippen molar-refractivity contribution < 1.29 is 9.18 Å². The predicted molar refractivity (Wildman–Crippen MR) is 137 cm³/mol. The number of halogens is 1. The number of allylic oxidation sites excluding steroid dienone is 2. The number of hydrogen-bond acceptors (Lipinski definition) is 2. The molecule has 0 unspecified atom stereocenters. The zero-order valence-electron chi connectivity index (χ0n) is 20.1. The zero-order chi connectivity index (χ0) is 23.6. The summed E-state index contributed by atoms with van der Waals surface area (Å²) in [4.78, 5) is 18.0. The van der Waals surface area contributed by atoms with Crippen LogP contribution in [0.1, 0.15) is 86.7 Å². The Morgan fingerprint density at radius 2 is 1.76 bits per heavy atom. The molecule has 1 aromatic heterocycles. The Labute approximate surface area is 197 Å². The lowest BCUT2D eigenvalue weighted by molar-refractivity contribution is 0.102. The van der Waals surface area contributed by atoms with E-state index in [-0.39, 0.29) is 11.7 Å². The molecule has 1 N–H and O–H groups in total. The molecule has 4 heteroatoms. The van der Waals surface area contributed by atoms with Gasteiger partial charge in [-0.3, -0.25) is 9.78 Å². The molecule has 174 valence electrons. The molecule has 2 aromatic carbocycles. The molecule has 3 rings (SSSR count). The first kappa shape index (κ1) is 24.6. The zero-order valence-corrected chi connectivity index (χ0v) is 20.1. The molecule has 1 amide bonds. The minimum atomic E-state index is -0.362. The molecular weight excluding hydrogens is 411 g/mol. The Kier molecular flexibility index (Phi) is 9.17. The maximum Gasteiger partial charge on any atom is 0.256 e. The van der Waals surface area contributed by atoms with Gasteiger partial charge < -0.3 is 5.32 Å². The summed E-state index contributed by atoms with van der Waals surface area (Å²) in [5, 5.41) is 3.96. The predicted octanol–water partition coefficient (Wildman–Crippen LogP) is 8.48. The molecule has 1 heterocycles. The fourth-order valence-electron chi connectivity index (χ4n) is 4.22. The van der Waals surface area contributed by atoms with Crippen molar-refractivity contribution in [3.63, 3.8) is 0 Å². The van der Waals surface area contributed by atoms with Crippen LogP contribution < -0.4 is 5.32 Å². The van der Waals surface area contributed by atoms with Gasteiger partial charge >= 0.3 is 0 Å². The van der Waals surface area contributed by atoms with Crippen molar-refractivity contribution in [1.29, 1.82) is 0 Å². The van der Waals surface area contributed by atoms with Crippen LogP contribution in [-0.4, -0.2) is 10.9 Å². The van der Waals surface area contributed by atoms with Gasteiger partial charge in [-0.1, -0.05) is 69.9 Å². The fraction of sp³-hybridized carbons (Fsp3) is 0.379. The number of carbonyl (C=O) groups is 1. The number of aromatic nitrogens is 1.